The molecule has 1 aliphatic heterocycles. The molecule has 0 aliphatic carbocycles. The minimum atomic E-state index is 0.0185. The summed E-state index contributed by atoms with van der Waals surface area (Å²) in [6.45, 7) is 2.87. The van der Waals surface area contributed by atoms with Gasteiger partial charge in [-0.3, -0.25) is 0 Å². The maximum atomic E-state index is 5.27. The minimum Gasteiger partial charge on any atom is -0.473 e. The van der Waals surface area contributed by atoms with E-state index in [-0.39, 0.29) is 6.29 Å². The second-order valence-electron chi connectivity index (χ2n) is 2.41. The number of unbranched alkanes of at least 4 members (excludes halogenated alkanes) is 1. The third-order valence-corrected chi connectivity index (χ3v) is 1.50. The average Bonchev–Trinajstić information content (AvgIpc) is 2.03. The first-order chi connectivity index (χ1) is 4.93. The molecule has 0 radical (unpaired) electrons. The van der Waals surface area contributed by atoms with Crippen LogP contribution in [0.15, 0.2) is 12.3 Å². The molecule has 0 N–H and O–H groups in total. The van der Waals surface area contributed by atoms with Gasteiger partial charge in [0.05, 0.1) is 12.9 Å². The number of hydrogen-bond donors (Lipinski definition) is 0. The second-order valence-corrected chi connectivity index (χ2v) is 2.41. The summed E-state index contributed by atoms with van der Waals surface area (Å²) in [6, 6.07) is 0. The van der Waals surface area contributed by atoms with E-state index in [4.69, 9.17) is 9.47 Å². The highest BCUT2D eigenvalue weighted by Crippen LogP contribution is 2.09. The van der Waals surface area contributed by atoms with E-state index >= 15 is 0 Å². The van der Waals surface area contributed by atoms with Gasteiger partial charge in [-0.15, -0.1) is 0 Å². The molecule has 0 spiro atoms. The summed E-state index contributed by atoms with van der Waals surface area (Å²) in [4.78, 5) is 0. The van der Waals surface area contributed by atoms with Gasteiger partial charge < -0.3 is 9.47 Å². The summed E-state index contributed by atoms with van der Waals surface area (Å²) >= 11 is 0. The van der Waals surface area contributed by atoms with Gasteiger partial charge in [-0.2, -0.15) is 0 Å². The monoisotopic (exact) mass is 142 g/mol. The van der Waals surface area contributed by atoms with Gasteiger partial charge in [0.15, 0.2) is 6.29 Å². The summed E-state index contributed by atoms with van der Waals surface area (Å²) in [5, 5.41) is 0. The molecule has 1 heterocycles. The quantitative estimate of drug-likeness (QED) is 0.600. The van der Waals surface area contributed by atoms with E-state index in [1.807, 2.05) is 6.08 Å². The Bertz CT molecular complexity index is 110. The molecule has 1 aliphatic rings. The Morgan fingerprint density at radius 1 is 1.60 bits per heavy atom. The molecule has 0 aromatic heterocycles. The van der Waals surface area contributed by atoms with Crippen LogP contribution >= 0.6 is 0 Å². The first-order valence-corrected chi connectivity index (χ1v) is 3.85. The van der Waals surface area contributed by atoms with Crippen LogP contribution < -0.4 is 0 Å². The fraction of sp³-hybridized carbons (Fsp3) is 0.750. The number of ether oxygens (including phenoxy) is 2. The van der Waals surface area contributed by atoms with Crippen LogP contribution in [0.3, 0.4) is 0 Å². The molecule has 1 rings (SSSR count). The van der Waals surface area contributed by atoms with Gasteiger partial charge in [0.25, 0.3) is 0 Å². The van der Waals surface area contributed by atoms with Crippen LogP contribution in [0.1, 0.15) is 26.2 Å². The molecule has 2 heteroatoms. The van der Waals surface area contributed by atoms with E-state index in [1.165, 1.54) is 12.8 Å². The van der Waals surface area contributed by atoms with Gasteiger partial charge in [0, 0.05) is 6.42 Å². The highest BCUT2D eigenvalue weighted by molar-refractivity contribution is 4.77. The molecule has 0 fully saturated rings. The van der Waals surface area contributed by atoms with Gasteiger partial charge in [-0.1, -0.05) is 13.3 Å². The molecule has 0 amide bonds. The van der Waals surface area contributed by atoms with E-state index in [1.54, 1.807) is 6.26 Å². The maximum absolute atomic E-state index is 5.27. The molecule has 1 unspecified atom stereocenters. The summed E-state index contributed by atoms with van der Waals surface area (Å²) in [5.74, 6) is 0. The van der Waals surface area contributed by atoms with E-state index < -0.39 is 0 Å². The normalized spacial score (nSPS) is 24.3. The zero-order chi connectivity index (χ0) is 7.23. The van der Waals surface area contributed by atoms with Crippen LogP contribution in [-0.4, -0.2) is 12.9 Å². The van der Waals surface area contributed by atoms with Crippen molar-refractivity contribution >= 4 is 0 Å². The SMILES string of the molecule is CCCCC1OC=CCO1. The maximum Gasteiger partial charge on any atom is 0.199 e. The van der Waals surface area contributed by atoms with Crippen LogP contribution in [-0.2, 0) is 9.47 Å². The van der Waals surface area contributed by atoms with E-state index in [0.29, 0.717) is 6.61 Å². The van der Waals surface area contributed by atoms with Crippen molar-refractivity contribution in [1.82, 2.24) is 0 Å². The Morgan fingerprint density at radius 2 is 2.50 bits per heavy atom. The van der Waals surface area contributed by atoms with Crippen LogP contribution in [0, 0.1) is 0 Å². The molecule has 2 nitrogen and oxygen atoms in total. The van der Waals surface area contributed by atoms with Crippen molar-refractivity contribution in [2.45, 2.75) is 32.5 Å². The van der Waals surface area contributed by atoms with E-state index in [2.05, 4.69) is 6.92 Å². The van der Waals surface area contributed by atoms with Gasteiger partial charge in [-0.05, 0) is 12.5 Å². The average molecular weight is 142 g/mol. The Labute approximate surface area is 61.8 Å². The Kier molecular flexibility index (Phi) is 3.30. The lowest BCUT2D eigenvalue weighted by molar-refractivity contribution is -0.115. The summed E-state index contributed by atoms with van der Waals surface area (Å²) in [7, 11) is 0. The van der Waals surface area contributed by atoms with Crippen molar-refractivity contribution in [2.24, 2.45) is 0 Å². The fourth-order valence-electron chi connectivity index (χ4n) is 0.907. The van der Waals surface area contributed by atoms with Crippen LogP contribution in [0.25, 0.3) is 0 Å². The molecule has 0 aromatic carbocycles. The third-order valence-electron chi connectivity index (χ3n) is 1.50. The smallest absolute Gasteiger partial charge is 0.199 e. The molecule has 0 saturated carbocycles. The van der Waals surface area contributed by atoms with Crippen LogP contribution in [0.5, 0.6) is 0 Å². The van der Waals surface area contributed by atoms with Gasteiger partial charge in [0.2, 0.25) is 0 Å². The third kappa shape index (κ3) is 2.40. The molecular formula is C8H14O2. The van der Waals surface area contributed by atoms with Crippen molar-refractivity contribution < 1.29 is 9.47 Å². The van der Waals surface area contributed by atoms with Gasteiger partial charge in [-0.25, -0.2) is 0 Å². The Balaban J connectivity index is 2.10. The molecule has 58 valence electrons. The van der Waals surface area contributed by atoms with Crippen LogP contribution in [0.4, 0.5) is 0 Å². The largest absolute Gasteiger partial charge is 0.473 e. The number of rotatable bonds is 3. The molecule has 0 saturated heterocycles. The van der Waals surface area contributed by atoms with E-state index in [9.17, 15) is 0 Å². The lowest BCUT2D eigenvalue weighted by Gasteiger charge is -2.19. The molecule has 0 bridgehead atoms. The van der Waals surface area contributed by atoms with Crippen molar-refractivity contribution in [1.29, 1.82) is 0 Å². The summed E-state index contributed by atoms with van der Waals surface area (Å²) < 4.78 is 10.4. The Morgan fingerprint density at radius 3 is 3.10 bits per heavy atom. The van der Waals surface area contributed by atoms with Gasteiger partial charge >= 0.3 is 0 Å². The first-order valence-electron chi connectivity index (χ1n) is 3.85. The van der Waals surface area contributed by atoms with Crippen LogP contribution in [0.2, 0.25) is 0 Å². The minimum absolute atomic E-state index is 0.0185. The van der Waals surface area contributed by atoms with Crippen molar-refractivity contribution in [3.05, 3.63) is 12.3 Å². The fourth-order valence-corrected chi connectivity index (χ4v) is 0.907. The predicted octanol–water partition coefficient (Wildman–Crippen LogP) is 2.06. The topological polar surface area (TPSA) is 18.5 Å². The Hall–Kier alpha value is -0.500. The molecular weight excluding hydrogens is 128 g/mol. The lowest BCUT2D eigenvalue weighted by atomic mass is 10.2. The highest BCUT2D eigenvalue weighted by Gasteiger charge is 2.08. The number of hydrogen-bond acceptors (Lipinski definition) is 2. The van der Waals surface area contributed by atoms with E-state index in [0.717, 1.165) is 6.42 Å². The van der Waals surface area contributed by atoms with Crippen molar-refractivity contribution in [3.63, 3.8) is 0 Å². The standard InChI is InChI=1S/C8H14O2/c1-2-3-5-8-9-6-4-7-10-8/h4,6,8H,2-3,5,7H2,1H3. The first kappa shape index (κ1) is 7.61. The summed E-state index contributed by atoms with van der Waals surface area (Å²) in [5.41, 5.74) is 0. The van der Waals surface area contributed by atoms with Gasteiger partial charge in [0.1, 0.15) is 0 Å². The highest BCUT2D eigenvalue weighted by atomic mass is 16.7. The lowest BCUT2D eigenvalue weighted by Crippen LogP contribution is -2.17. The second kappa shape index (κ2) is 4.34. The zero-order valence-corrected chi connectivity index (χ0v) is 6.38. The summed E-state index contributed by atoms with van der Waals surface area (Å²) in [6.07, 6.45) is 7.02. The zero-order valence-electron chi connectivity index (χ0n) is 6.38. The molecule has 1 atom stereocenters. The molecule has 10 heavy (non-hydrogen) atoms. The molecule has 0 aromatic rings. The van der Waals surface area contributed by atoms with Crippen molar-refractivity contribution in [3.8, 4) is 0 Å². The van der Waals surface area contributed by atoms with Crippen molar-refractivity contribution in [2.75, 3.05) is 6.61 Å². The predicted molar refractivity (Wildman–Crippen MR) is 39.5 cm³/mol.